The van der Waals surface area contributed by atoms with Crippen LogP contribution in [0.2, 0.25) is 0 Å². The smallest absolute Gasteiger partial charge is 0.196 e. The van der Waals surface area contributed by atoms with Crippen LogP contribution in [0.5, 0.6) is 5.75 Å². The first-order chi connectivity index (χ1) is 11.0. The van der Waals surface area contributed by atoms with Gasteiger partial charge in [-0.25, -0.2) is 0 Å². The van der Waals surface area contributed by atoms with Crippen molar-refractivity contribution >= 4 is 31.5 Å². The Labute approximate surface area is 138 Å². The minimum absolute atomic E-state index is 0.0219. The molecule has 0 amide bonds. The van der Waals surface area contributed by atoms with Crippen molar-refractivity contribution in [2.45, 2.75) is 6.10 Å². The van der Waals surface area contributed by atoms with Crippen molar-refractivity contribution in [1.82, 2.24) is 4.90 Å². The minimum Gasteiger partial charge on any atom is -0.491 e. The molecule has 0 spiro atoms. The molecular formula is C18H19NO3S. The monoisotopic (exact) mass is 329 g/mol. The zero-order chi connectivity index (χ0) is 16.4. The van der Waals surface area contributed by atoms with Crippen LogP contribution in [0.4, 0.5) is 0 Å². The van der Waals surface area contributed by atoms with Gasteiger partial charge in [0.05, 0.1) is 0 Å². The molecule has 3 rings (SSSR count). The fourth-order valence-corrected chi connectivity index (χ4v) is 3.59. The van der Waals surface area contributed by atoms with Gasteiger partial charge in [-0.3, -0.25) is 4.79 Å². The first-order valence-corrected chi connectivity index (χ1v) is 8.27. The van der Waals surface area contributed by atoms with E-state index in [1.165, 1.54) is 0 Å². The maximum atomic E-state index is 12.6. The highest BCUT2D eigenvalue weighted by Gasteiger charge is 2.09. The molecule has 1 N–H and O–H groups in total. The lowest BCUT2D eigenvalue weighted by atomic mass is 10.2. The number of nitrogens with zero attached hydrogens (tertiary/aromatic N) is 1. The second-order valence-corrected chi connectivity index (χ2v) is 6.90. The predicted molar refractivity (Wildman–Crippen MR) is 95.7 cm³/mol. The summed E-state index contributed by atoms with van der Waals surface area (Å²) in [4.78, 5) is 14.5. The van der Waals surface area contributed by atoms with Crippen molar-refractivity contribution in [1.29, 1.82) is 0 Å². The van der Waals surface area contributed by atoms with Crippen LogP contribution in [0.25, 0.3) is 20.2 Å². The zero-order valence-electron chi connectivity index (χ0n) is 13.2. The second kappa shape index (κ2) is 6.66. The molecule has 0 aliphatic heterocycles. The van der Waals surface area contributed by atoms with Crippen LogP contribution >= 0.6 is 11.3 Å². The minimum atomic E-state index is -0.563. The Morgan fingerprint density at radius 2 is 1.87 bits per heavy atom. The highest BCUT2D eigenvalue weighted by molar-refractivity contribution is 7.24. The quantitative estimate of drug-likeness (QED) is 0.731. The van der Waals surface area contributed by atoms with Gasteiger partial charge in [-0.2, -0.15) is 0 Å². The van der Waals surface area contributed by atoms with Crippen LogP contribution in [-0.2, 0) is 0 Å². The fraction of sp³-hybridized carbons (Fsp3) is 0.278. The number of rotatable bonds is 5. The number of benzene rings is 2. The third-order valence-electron chi connectivity index (χ3n) is 3.57. The van der Waals surface area contributed by atoms with E-state index >= 15 is 0 Å². The summed E-state index contributed by atoms with van der Waals surface area (Å²) in [6.07, 6.45) is -0.563. The molecule has 2 aromatic carbocycles. The Morgan fingerprint density at radius 1 is 1.13 bits per heavy atom. The lowest BCUT2D eigenvalue weighted by molar-refractivity contribution is 0.0832. The highest BCUT2D eigenvalue weighted by Crippen LogP contribution is 2.27. The van der Waals surface area contributed by atoms with Crippen LogP contribution in [-0.4, -0.2) is 43.4 Å². The molecule has 0 aliphatic carbocycles. The molecule has 1 atom stereocenters. The molecule has 5 heteroatoms. The molecule has 0 radical (unpaired) electrons. The average Bonchev–Trinajstić information content (AvgIpc) is 2.53. The Balaban J connectivity index is 1.91. The van der Waals surface area contributed by atoms with E-state index in [-0.39, 0.29) is 12.0 Å². The van der Waals surface area contributed by atoms with Crippen molar-refractivity contribution < 1.29 is 9.84 Å². The van der Waals surface area contributed by atoms with E-state index in [1.54, 1.807) is 17.4 Å². The van der Waals surface area contributed by atoms with Gasteiger partial charge in [0.15, 0.2) is 5.43 Å². The molecule has 0 fully saturated rings. The lowest BCUT2D eigenvalue weighted by Crippen LogP contribution is -2.30. The summed E-state index contributed by atoms with van der Waals surface area (Å²) in [5.41, 5.74) is 0.0219. The largest absolute Gasteiger partial charge is 0.491 e. The summed E-state index contributed by atoms with van der Waals surface area (Å²) in [5, 5.41) is 11.3. The lowest BCUT2D eigenvalue weighted by Gasteiger charge is -2.16. The molecule has 0 aliphatic rings. The van der Waals surface area contributed by atoms with E-state index in [0.717, 1.165) is 14.8 Å². The molecule has 120 valence electrons. The number of fused-ring (bicyclic) bond motifs is 2. The molecule has 1 unspecified atom stereocenters. The zero-order valence-corrected chi connectivity index (χ0v) is 14.0. The Hall–Kier alpha value is -1.95. The van der Waals surface area contributed by atoms with Crippen LogP contribution in [0.15, 0.2) is 47.3 Å². The van der Waals surface area contributed by atoms with Gasteiger partial charge in [0.2, 0.25) is 0 Å². The number of aliphatic hydroxyl groups excluding tert-OH is 1. The number of likely N-dealkylation sites (N-methyl/N-ethyl adjacent to an activating group) is 1. The van der Waals surface area contributed by atoms with Gasteiger partial charge in [-0.15, -0.1) is 11.3 Å². The van der Waals surface area contributed by atoms with E-state index in [1.807, 2.05) is 55.4 Å². The van der Waals surface area contributed by atoms with Gasteiger partial charge in [0.25, 0.3) is 0 Å². The summed E-state index contributed by atoms with van der Waals surface area (Å²) in [6.45, 7) is 0.738. The molecule has 23 heavy (non-hydrogen) atoms. The summed E-state index contributed by atoms with van der Waals surface area (Å²) in [5.74, 6) is 0.606. The average molecular weight is 329 g/mol. The number of hydrogen-bond donors (Lipinski definition) is 1. The van der Waals surface area contributed by atoms with Crippen molar-refractivity contribution in [3.05, 3.63) is 52.7 Å². The molecule has 4 nitrogen and oxygen atoms in total. The Morgan fingerprint density at radius 3 is 2.65 bits per heavy atom. The van der Waals surface area contributed by atoms with Crippen molar-refractivity contribution in [2.75, 3.05) is 27.2 Å². The van der Waals surface area contributed by atoms with E-state index < -0.39 is 6.10 Å². The van der Waals surface area contributed by atoms with Gasteiger partial charge < -0.3 is 14.7 Å². The number of aliphatic hydroxyl groups is 1. The first-order valence-electron chi connectivity index (χ1n) is 7.46. The predicted octanol–water partition coefficient (Wildman–Crippen LogP) is 2.72. The topological polar surface area (TPSA) is 49.8 Å². The second-order valence-electron chi connectivity index (χ2n) is 5.81. The standard InChI is InChI=1S/C18H19NO3S/c1-19(2)10-12(20)11-22-13-7-8-17-15(9-13)18(21)14-5-3-4-6-16(14)23-17/h3-9,12,20H,10-11H2,1-2H3. The molecule has 3 aromatic rings. The van der Waals surface area contributed by atoms with Crippen molar-refractivity contribution in [2.24, 2.45) is 0 Å². The Bertz CT molecular complexity index is 888. The van der Waals surface area contributed by atoms with Gasteiger partial charge >= 0.3 is 0 Å². The first kappa shape index (κ1) is 15.9. The summed E-state index contributed by atoms with van der Waals surface area (Å²) < 4.78 is 7.56. The maximum absolute atomic E-state index is 12.6. The van der Waals surface area contributed by atoms with Gasteiger partial charge in [0, 0.05) is 26.7 Å². The molecule has 1 aromatic heterocycles. The number of ether oxygens (including phenoxy) is 1. The molecular weight excluding hydrogens is 310 g/mol. The fourth-order valence-electron chi connectivity index (χ4n) is 2.54. The van der Waals surface area contributed by atoms with Gasteiger partial charge in [-0.05, 0) is 44.4 Å². The van der Waals surface area contributed by atoms with E-state index in [9.17, 15) is 9.90 Å². The van der Waals surface area contributed by atoms with Gasteiger partial charge in [-0.1, -0.05) is 12.1 Å². The maximum Gasteiger partial charge on any atom is 0.196 e. The molecule has 0 saturated heterocycles. The van der Waals surface area contributed by atoms with Crippen LogP contribution in [0.3, 0.4) is 0 Å². The summed E-state index contributed by atoms with van der Waals surface area (Å²) in [6, 6.07) is 13.1. The SMILES string of the molecule is CN(C)CC(O)COc1ccc2sc3ccccc3c(=O)c2c1. The van der Waals surface area contributed by atoms with Crippen molar-refractivity contribution in [3.63, 3.8) is 0 Å². The third kappa shape index (κ3) is 3.52. The summed E-state index contributed by atoms with van der Waals surface area (Å²) >= 11 is 1.60. The van der Waals surface area contributed by atoms with E-state index in [0.29, 0.717) is 17.7 Å². The van der Waals surface area contributed by atoms with E-state index in [2.05, 4.69) is 0 Å². The summed E-state index contributed by atoms with van der Waals surface area (Å²) in [7, 11) is 3.80. The highest BCUT2D eigenvalue weighted by atomic mass is 32.1. The molecule has 0 saturated carbocycles. The van der Waals surface area contributed by atoms with Crippen molar-refractivity contribution in [3.8, 4) is 5.75 Å². The normalized spacial score (nSPS) is 12.9. The Kier molecular flexibility index (Phi) is 4.61. The van der Waals surface area contributed by atoms with Crippen LogP contribution < -0.4 is 10.2 Å². The van der Waals surface area contributed by atoms with Crippen LogP contribution in [0, 0.1) is 0 Å². The molecule has 0 bridgehead atoms. The van der Waals surface area contributed by atoms with Gasteiger partial charge in [0.1, 0.15) is 18.5 Å². The molecule has 1 heterocycles. The number of hydrogen-bond acceptors (Lipinski definition) is 5. The van der Waals surface area contributed by atoms with Crippen LogP contribution in [0.1, 0.15) is 0 Å². The third-order valence-corrected chi connectivity index (χ3v) is 4.72. The van der Waals surface area contributed by atoms with E-state index in [4.69, 9.17) is 4.74 Å².